The molecule has 0 radical (unpaired) electrons. The first-order chi connectivity index (χ1) is 9.29. The number of halogens is 1. The number of benzene rings is 1. The molecule has 0 saturated carbocycles. The second-order valence-electron chi connectivity index (χ2n) is 5.04. The molecule has 0 spiro atoms. The van der Waals surface area contributed by atoms with Crippen molar-refractivity contribution in [3.05, 3.63) is 34.4 Å². The van der Waals surface area contributed by atoms with Crippen LogP contribution >= 0.6 is 15.9 Å². The number of ether oxygens (including phenoxy) is 1. The zero-order valence-corrected chi connectivity index (χ0v) is 12.2. The molecular formula is C15H16BrNO2. The van der Waals surface area contributed by atoms with Crippen molar-refractivity contribution in [3.8, 4) is 0 Å². The molecule has 100 valence electrons. The molecule has 1 aliphatic rings. The zero-order valence-electron chi connectivity index (χ0n) is 10.6. The molecule has 1 fully saturated rings. The smallest absolute Gasteiger partial charge is 0.152 e. The summed E-state index contributed by atoms with van der Waals surface area (Å²) in [5.41, 5.74) is 1.89. The van der Waals surface area contributed by atoms with Crippen molar-refractivity contribution >= 4 is 33.1 Å². The van der Waals surface area contributed by atoms with Crippen LogP contribution in [0.5, 0.6) is 0 Å². The normalized spacial score (nSPS) is 16.9. The van der Waals surface area contributed by atoms with Gasteiger partial charge in [0.1, 0.15) is 0 Å². The minimum Gasteiger partial charge on any atom is -0.381 e. The van der Waals surface area contributed by atoms with Crippen LogP contribution < -0.4 is 0 Å². The number of aldehydes is 1. The van der Waals surface area contributed by atoms with Crippen LogP contribution in [0.25, 0.3) is 10.9 Å². The Morgan fingerprint density at radius 3 is 2.89 bits per heavy atom. The van der Waals surface area contributed by atoms with Crippen molar-refractivity contribution in [2.24, 2.45) is 5.92 Å². The molecule has 1 aromatic heterocycles. The Labute approximate surface area is 120 Å². The first kappa shape index (κ1) is 12.9. The average molecular weight is 322 g/mol. The SMILES string of the molecule is O=Cc1cn(CC2CCOCC2)c2cccc(Br)c12. The number of aromatic nitrogens is 1. The first-order valence-corrected chi connectivity index (χ1v) is 7.39. The van der Waals surface area contributed by atoms with Crippen molar-refractivity contribution < 1.29 is 9.53 Å². The Kier molecular flexibility index (Phi) is 3.71. The van der Waals surface area contributed by atoms with Crippen LogP contribution in [0.2, 0.25) is 0 Å². The molecule has 1 aromatic carbocycles. The number of hydrogen-bond donors (Lipinski definition) is 0. The fourth-order valence-corrected chi connectivity index (χ4v) is 3.37. The summed E-state index contributed by atoms with van der Waals surface area (Å²) in [6, 6.07) is 6.07. The molecule has 0 N–H and O–H groups in total. The van der Waals surface area contributed by atoms with Crippen molar-refractivity contribution in [1.29, 1.82) is 0 Å². The standard InChI is InChI=1S/C15H16BrNO2/c16-13-2-1-3-14-15(13)12(10-18)9-17(14)8-11-4-6-19-7-5-11/h1-3,9-11H,4-8H2. The molecule has 4 heteroatoms. The maximum atomic E-state index is 11.2. The van der Waals surface area contributed by atoms with Gasteiger partial charge in [-0.1, -0.05) is 22.0 Å². The summed E-state index contributed by atoms with van der Waals surface area (Å²) in [6.07, 6.45) is 5.11. The van der Waals surface area contributed by atoms with E-state index >= 15 is 0 Å². The Morgan fingerprint density at radius 2 is 2.16 bits per heavy atom. The van der Waals surface area contributed by atoms with Crippen LogP contribution in [-0.4, -0.2) is 24.1 Å². The fourth-order valence-electron chi connectivity index (χ4n) is 2.79. The fraction of sp³-hybridized carbons (Fsp3) is 0.400. The molecule has 0 unspecified atom stereocenters. The van der Waals surface area contributed by atoms with Gasteiger partial charge in [0.15, 0.2) is 6.29 Å². The lowest BCUT2D eigenvalue weighted by Crippen LogP contribution is -2.20. The second-order valence-corrected chi connectivity index (χ2v) is 5.90. The van der Waals surface area contributed by atoms with Gasteiger partial charge < -0.3 is 9.30 Å². The van der Waals surface area contributed by atoms with Gasteiger partial charge in [0.25, 0.3) is 0 Å². The summed E-state index contributed by atoms with van der Waals surface area (Å²) in [5.74, 6) is 0.642. The monoisotopic (exact) mass is 321 g/mol. The van der Waals surface area contributed by atoms with E-state index in [9.17, 15) is 4.79 Å². The third-order valence-corrected chi connectivity index (χ3v) is 4.47. The number of hydrogen-bond acceptors (Lipinski definition) is 2. The third kappa shape index (κ3) is 2.47. The highest BCUT2D eigenvalue weighted by Crippen LogP contribution is 2.29. The van der Waals surface area contributed by atoms with Crippen LogP contribution in [0, 0.1) is 5.92 Å². The molecule has 0 bridgehead atoms. The molecule has 1 saturated heterocycles. The molecule has 2 aromatic rings. The lowest BCUT2D eigenvalue weighted by Gasteiger charge is -2.22. The molecule has 0 atom stereocenters. The van der Waals surface area contributed by atoms with Gasteiger partial charge in [-0.3, -0.25) is 4.79 Å². The summed E-state index contributed by atoms with van der Waals surface area (Å²) in [4.78, 5) is 11.2. The highest BCUT2D eigenvalue weighted by Gasteiger charge is 2.17. The Hall–Kier alpha value is -1.13. The minimum atomic E-state index is 0.642. The van der Waals surface area contributed by atoms with Crippen LogP contribution in [0.1, 0.15) is 23.2 Å². The van der Waals surface area contributed by atoms with Gasteiger partial charge in [-0.25, -0.2) is 0 Å². The average Bonchev–Trinajstić information content (AvgIpc) is 2.80. The summed E-state index contributed by atoms with van der Waals surface area (Å²) in [6.45, 7) is 2.67. The van der Waals surface area contributed by atoms with E-state index < -0.39 is 0 Å². The van der Waals surface area contributed by atoms with E-state index in [-0.39, 0.29) is 0 Å². The van der Waals surface area contributed by atoms with Crippen LogP contribution in [0.15, 0.2) is 28.9 Å². The second kappa shape index (κ2) is 5.47. The molecule has 3 rings (SSSR count). The predicted octanol–water partition coefficient (Wildman–Crippen LogP) is 3.64. The highest BCUT2D eigenvalue weighted by molar-refractivity contribution is 9.10. The molecular weight excluding hydrogens is 306 g/mol. The lowest BCUT2D eigenvalue weighted by atomic mass is 10.0. The van der Waals surface area contributed by atoms with Gasteiger partial charge in [0.05, 0.1) is 0 Å². The minimum absolute atomic E-state index is 0.642. The van der Waals surface area contributed by atoms with Gasteiger partial charge in [0, 0.05) is 46.9 Å². The molecule has 0 aliphatic carbocycles. The summed E-state index contributed by atoms with van der Waals surface area (Å²) in [7, 11) is 0. The largest absolute Gasteiger partial charge is 0.381 e. The van der Waals surface area contributed by atoms with Crippen molar-refractivity contribution in [2.75, 3.05) is 13.2 Å². The van der Waals surface area contributed by atoms with Crippen molar-refractivity contribution in [3.63, 3.8) is 0 Å². The lowest BCUT2D eigenvalue weighted by molar-refractivity contribution is 0.0616. The number of fused-ring (bicyclic) bond motifs is 1. The maximum absolute atomic E-state index is 11.2. The van der Waals surface area contributed by atoms with E-state index in [1.165, 1.54) is 0 Å². The molecule has 19 heavy (non-hydrogen) atoms. The predicted molar refractivity (Wildman–Crippen MR) is 78.6 cm³/mol. The van der Waals surface area contributed by atoms with Crippen molar-refractivity contribution in [2.45, 2.75) is 19.4 Å². The van der Waals surface area contributed by atoms with Gasteiger partial charge >= 0.3 is 0 Å². The van der Waals surface area contributed by atoms with Gasteiger partial charge in [0.2, 0.25) is 0 Å². The topological polar surface area (TPSA) is 31.2 Å². The number of nitrogens with zero attached hydrogens (tertiary/aromatic N) is 1. The van der Waals surface area contributed by atoms with E-state index in [1.807, 2.05) is 18.3 Å². The molecule has 1 aliphatic heterocycles. The molecule has 2 heterocycles. The third-order valence-electron chi connectivity index (χ3n) is 3.81. The van der Waals surface area contributed by atoms with Crippen LogP contribution in [0.3, 0.4) is 0 Å². The number of carbonyl (C=O) groups excluding carboxylic acids is 1. The highest BCUT2D eigenvalue weighted by atomic mass is 79.9. The quantitative estimate of drug-likeness (QED) is 0.808. The number of carbonyl (C=O) groups is 1. The van der Waals surface area contributed by atoms with Gasteiger partial charge in [-0.2, -0.15) is 0 Å². The van der Waals surface area contributed by atoms with Gasteiger partial charge in [-0.05, 0) is 30.9 Å². The Morgan fingerprint density at radius 1 is 1.37 bits per heavy atom. The van der Waals surface area contributed by atoms with E-state index in [0.29, 0.717) is 5.92 Å². The number of rotatable bonds is 3. The van der Waals surface area contributed by atoms with E-state index in [2.05, 4.69) is 26.6 Å². The van der Waals surface area contributed by atoms with Crippen molar-refractivity contribution in [1.82, 2.24) is 4.57 Å². The van der Waals surface area contributed by atoms with Crippen LogP contribution in [-0.2, 0) is 11.3 Å². The van der Waals surface area contributed by atoms with Crippen LogP contribution in [0.4, 0.5) is 0 Å². The maximum Gasteiger partial charge on any atom is 0.152 e. The first-order valence-electron chi connectivity index (χ1n) is 6.60. The van der Waals surface area contributed by atoms with E-state index in [1.54, 1.807) is 0 Å². The Balaban J connectivity index is 1.99. The Bertz CT molecular complexity index is 599. The zero-order chi connectivity index (χ0) is 13.2. The molecule has 3 nitrogen and oxygen atoms in total. The summed E-state index contributed by atoms with van der Waals surface area (Å²) >= 11 is 3.53. The summed E-state index contributed by atoms with van der Waals surface area (Å²) in [5, 5.41) is 1.02. The summed E-state index contributed by atoms with van der Waals surface area (Å²) < 4.78 is 8.59. The van der Waals surface area contributed by atoms with E-state index in [0.717, 1.165) is 59.8 Å². The van der Waals surface area contributed by atoms with E-state index in [4.69, 9.17) is 4.74 Å². The molecule has 0 amide bonds. The van der Waals surface area contributed by atoms with Gasteiger partial charge in [-0.15, -0.1) is 0 Å².